The average molecular weight is 295 g/mol. The van der Waals surface area contributed by atoms with Crippen molar-refractivity contribution in [3.05, 3.63) is 42.6 Å². The van der Waals surface area contributed by atoms with E-state index in [0.717, 1.165) is 36.4 Å². The molecule has 0 amide bonds. The van der Waals surface area contributed by atoms with Gasteiger partial charge in [-0.25, -0.2) is 4.98 Å². The highest BCUT2D eigenvalue weighted by Crippen LogP contribution is 2.37. The molecule has 1 aliphatic heterocycles. The molecule has 0 atom stereocenters. The maximum atomic E-state index is 4.77. The summed E-state index contributed by atoms with van der Waals surface area (Å²) >= 11 is 0. The topological polar surface area (TPSA) is 29.0 Å². The first-order chi connectivity index (χ1) is 10.6. The highest BCUT2D eigenvalue weighted by molar-refractivity contribution is 5.75. The summed E-state index contributed by atoms with van der Waals surface area (Å²) in [5, 5.41) is 0. The van der Waals surface area contributed by atoms with Crippen LogP contribution < -0.4 is 4.90 Å². The van der Waals surface area contributed by atoms with Crippen LogP contribution in [0.25, 0.3) is 11.0 Å². The molecule has 1 saturated heterocycles. The summed E-state index contributed by atoms with van der Waals surface area (Å²) in [5.74, 6) is 1.01. The molecule has 0 bridgehead atoms. The molecular formula is C19H25N3. The third-order valence-corrected chi connectivity index (χ3v) is 4.89. The van der Waals surface area contributed by atoms with Gasteiger partial charge in [0, 0.05) is 13.1 Å². The van der Waals surface area contributed by atoms with Gasteiger partial charge in [-0.2, -0.15) is 0 Å². The van der Waals surface area contributed by atoms with Crippen LogP contribution in [0, 0.1) is 5.41 Å². The summed E-state index contributed by atoms with van der Waals surface area (Å²) in [6.07, 6.45) is 6.74. The van der Waals surface area contributed by atoms with E-state index in [1.165, 1.54) is 24.8 Å². The van der Waals surface area contributed by atoms with Gasteiger partial charge in [0.05, 0.1) is 17.2 Å². The molecule has 3 heteroatoms. The standard InChI is InChI=1S/C19H25N3/c1-15(2)8-9-19(3)10-12-22(13-11-19)18-14-20-16-6-4-5-7-17(16)21-18/h4-7,14H,1,8-13H2,2-3H3. The zero-order chi connectivity index (χ0) is 15.6. The molecule has 116 valence electrons. The maximum Gasteiger partial charge on any atom is 0.147 e. The number of piperidine rings is 1. The Morgan fingerprint density at radius 3 is 2.59 bits per heavy atom. The quantitative estimate of drug-likeness (QED) is 0.772. The van der Waals surface area contributed by atoms with Gasteiger partial charge in [0.15, 0.2) is 0 Å². The Kier molecular flexibility index (Phi) is 4.14. The van der Waals surface area contributed by atoms with Crippen LogP contribution in [0.4, 0.5) is 5.82 Å². The van der Waals surface area contributed by atoms with Crippen molar-refractivity contribution in [2.75, 3.05) is 18.0 Å². The van der Waals surface area contributed by atoms with Gasteiger partial charge in [0.2, 0.25) is 0 Å². The van der Waals surface area contributed by atoms with Crippen LogP contribution in [0.2, 0.25) is 0 Å². The van der Waals surface area contributed by atoms with Crippen molar-refractivity contribution in [3.63, 3.8) is 0 Å². The van der Waals surface area contributed by atoms with E-state index in [0.29, 0.717) is 5.41 Å². The molecule has 1 aromatic heterocycles. The molecule has 1 fully saturated rings. The number of nitrogens with zero attached hydrogens (tertiary/aromatic N) is 3. The van der Waals surface area contributed by atoms with Crippen LogP contribution in [0.5, 0.6) is 0 Å². The molecule has 0 aliphatic carbocycles. The lowest BCUT2D eigenvalue weighted by molar-refractivity contribution is 0.228. The van der Waals surface area contributed by atoms with Gasteiger partial charge >= 0.3 is 0 Å². The maximum absolute atomic E-state index is 4.77. The van der Waals surface area contributed by atoms with E-state index in [9.17, 15) is 0 Å². The third kappa shape index (κ3) is 3.29. The van der Waals surface area contributed by atoms with Gasteiger partial charge < -0.3 is 4.90 Å². The molecule has 2 aromatic rings. The number of hydrogen-bond donors (Lipinski definition) is 0. The number of benzene rings is 1. The molecule has 0 N–H and O–H groups in total. The van der Waals surface area contributed by atoms with Crippen molar-refractivity contribution in [1.82, 2.24) is 9.97 Å². The molecule has 22 heavy (non-hydrogen) atoms. The summed E-state index contributed by atoms with van der Waals surface area (Å²) in [6, 6.07) is 8.07. The van der Waals surface area contributed by atoms with Crippen LogP contribution in [-0.4, -0.2) is 23.1 Å². The van der Waals surface area contributed by atoms with Gasteiger partial charge in [-0.05, 0) is 50.2 Å². The summed E-state index contributed by atoms with van der Waals surface area (Å²) in [6.45, 7) is 10.7. The van der Waals surface area contributed by atoms with E-state index >= 15 is 0 Å². The van der Waals surface area contributed by atoms with Crippen LogP contribution >= 0.6 is 0 Å². The molecule has 3 rings (SSSR count). The number of aromatic nitrogens is 2. The van der Waals surface area contributed by atoms with Gasteiger partial charge in [-0.1, -0.05) is 24.6 Å². The summed E-state index contributed by atoms with van der Waals surface area (Å²) in [7, 11) is 0. The fourth-order valence-corrected chi connectivity index (χ4v) is 3.14. The summed E-state index contributed by atoms with van der Waals surface area (Å²) in [4.78, 5) is 11.7. The Balaban J connectivity index is 1.68. The minimum Gasteiger partial charge on any atom is -0.355 e. The number of anilines is 1. The minimum absolute atomic E-state index is 0.444. The Hall–Kier alpha value is -1.90. The van der Waals surface area contributed by atoms with E-state index in [-0.39, 0.29) is 0 Å². The second-order valence-corrected chi connectivity index (χ2v) is 6.97. The number of fused-ring (bicyclic) bond motifs is 1. The van der Waals surface area contributed by atoms with E-state index < -0.39 is 0 Å². The van der Waals surface area contributed by atoms with Gasteiger partial charge in [0.1, 0.15) is 5.82 Å². The van der Waals surface area contributed by atoms with E-state index in [1.54, 1.807) is 0 Å². The molecule has 0 radical (unpaired) electrons. The lowest BCUT2D eigenvalue weighted by atomic mass is 9.76. The average Bonchev–Trinajstić information content (AvgIpc) is 2.53. The van der Waals surface area contributed by atoms with Crippen LogP contribution in [0.15, 0.2) is 42.6 Å². The van der Waals surface area contributed by atoms with Crippen LogP contribution in [0.3, 0.4) is 0 Å². The van der Waals surface area contributed by atoms with Gasteiger partial charge in [-0.3, -0.25) is 4.98 Å². The molecule has 3 nitrogen and oxygen atoms in total. The second kappa shape index (κ2) is 6.07. The molecule has 0 spiro atoms. The summed E-state index contributed by atoms with van der Waals surface area (Å²) in [5.41, 5.74) is 3.69. The zero-order valence-corrected chi connectivity index (χ0v) is 13.7. The Morgan fingerprint density at radius 2 is 1.91 bits per heavy atom. The SMILES string of the molecule is C=C(C)CCC1(C)CCN(c2cnc3ccccc3n2)CC1. The van der Waals surface area contributed by atoms with Gasteiger partial charge in [-0.15, -0.1) is 6.58 Å². The van der Waals surface area contributed by atoms with E-state index in [2.05, 4.69) is 30.3 Å². The first-order valence-corrected chi connectivity index (χ1v) is 8.17. The van der Waals surface area contributed by atoms with Crippen molar-refractivity contribution in [2.45, 2.75) is 39.5 Å². The predicted molar refractivity (Wildman–Crippen MR) is 93.1 cm³/mol. The number of allylic oxidation sites excluding steroid dienone is 1. The monoisotopic (exact) mass is 295 g/mol. The van der Waals surface area contributed by atoms with E-state index in [1.807, 2.05) is 30.5 Å². The molecule has 1 aromatic carbocycles. The lowest BCUT2D eigenvalue weighted by Crippen LogP contribution is -2.39. The van der Waals surface area contributed by atoms with Crippen molar-refractivity contribution in [2.24, 2.45) is 5.41 Å². The normalized spacial score (nSPS) is 17.6. The molecule has 0 unspecified atom stereocenters. The fraction of sp³-hybridized carbons (Fsp3) is 0.474. The zero-order valence-electron chi connectivity index (χ0n) is 13.7. The largest absolute Gasteiger partial charge is 0.355 e. The van der Waals surface area contributed by atoms with Crippen molar-refractivity contribution < 1.29 is 0 Å². The predicted octanol–water partition coefficient (Wildman–Crippen LogP) is 4.59. The molecule has 1 aliphatic rings. The smallest absolute Gasteiger partial charge is 0.147 e. The van der Waals surface area contributed by atoms with Crippen LogP contribution in [-0.2, 0) is 0 Å². The highest BCUT2D eigenvalue weighted by Gasteiger charge is 2.30. The molecular weight excluding hydrogens is 270 g/mol. The Morgan fingerprint density at radius 1 is 1.23 bits per heavy atom. The third-order valence-electron chi connectivity index (χ3n) is 4.89. The van der Waals surface area contributed by atoms with Crippen LogP contribution in [0.1, 0.15) is 39.5 Å². The second-order valence-electron chi connectivity index (χ2n) is 6.97. The first-order valence-electron chi connectivity index (χ1n) is 8.17. The van der Waals surface area contributed by atoms with E-state index in [4.69, 9.17) is 4.98 Å². The summed E-state index contributed by atoms with van der Waals surface area (Å²) < 4.78 is 0. The fourth-order valence-electron chi connectivity index (χ4n) is 3.14. The highest BCUT2D eigenvalue weighted by atomic mass is 15.2. The minimum atomic E-state index is 0.444. The number of para-hydroxylation sites is 2. The van der Waals surface area contributed by atoms with Crippen molar-refractivity contribution in [1.29, 1.82) is 0 Å². The molecule has 2 heterocycles. The molecule has 0 saturated carbocycles. The first kappa shape index (κ1) is 15.0. The lowest BCUT2D eigenvalue weighted by Gasteiger charge is -2.40. The number of hydrogen-bond acceptors (Lipinski definition) is 3. The Bertz CT molecular complexity index is 669. The van der Waals surface area contributed by atoms with Gasteiger partial charge in [0.25, 0.3) is 0 Å². The van der Waals surface area contributed by atoms with Crippen molar-refractivity contribution in [3.8, 4) is 0 Å². The number of rotatable bonds is 4. The Labute approximate surface area is 133 Å². The van der Waals surface area contributed by atoms with Crippen molar-refractivity contribution >= 4 is 16.9 Å².